The summed E-state index contributed by atoms with van der Waals surface area (Å²) in [4.78, 5) is 19.1. The van der Waals surface area contributed by atoms with E-state index < -0.39 is 0 Å². The lowest BCUT2D eigenvalue weighted by Gasteiger charge is -2.17. The molecule has 1 aliphatic heterocycles. The molecule has 0 spiro atoms. The highest BCUT2D eigenvalue weighted by atomic mass is 16.5. The Balaban J connectivity index is 2.00. The highest BCUT2D eigenvalue weighted by molar-refractivity contribution is 5.20. The Morgan fingerprint density at radius 2 is 2.31 bits per heavy atom. The maximum Gasteiger partial charge on any atom is 0.256 e. The fourth-order valence-electron chi connectivity index (χ4n) is 2.10. The standard InChI is InChI=1S/C11H15N3O2/c12-9(6-1-2-6)10-13-8-3-4-16-5-7(8)11(15)14-10/h6,9H,1-5,12H2,(H,13,14,15). The van der Waals surface area contributed by atoms with Crippen molar-refractivity contribution in [2.24, 2.45) is 11.7 Å². The number of H-pyrrole nitrogens is 1. The Kier molecular flexibility index (Phi) is 2.29. The van der Waals surface area contributed by atoms with Crippen molar-refractivity contribution in [2.75, 3.05) is 6.61 Å². The van der Waals surface area contributed by atoms with Gasteiger partial charge in [-0.15, -0.1) is 0 Å². The summed E-state index contributed by atoms with van der Waals surface area (Å²) >= 11 is 0. The lowest BCUT2D eigenvalue weighted by atomic mass is 10.1. The van der Waals surface area contributed by atoms with E-state index in [4.69, 9.17) is 10.5 Å². The van der Waals surface area contributed by atoms with Gasteiger partial charge in [0, 0.05) is 6.42 Å². The lowest BCUT2D eigenvalue weighted by Crippen LogP contribution is -2.28. The first-order chi connectivity index (χ1) is 7.75. The molecule has 5 nitrogen and oxygen atoms in total. The Morgan fingerprint density at radius 3 is 3.06 bits per heavy atom. The minimum absolute atomic E-state index is 0.0872. The average Bonchev–Trinajstić information content (AvgIpc) is 3.12. The second-order valence-electron chi connectivity index (χ2n) is 4.54. The summed E-state index contributed by atoms with van der Waals surface area (Å²) in [5.41, 5.74) is 7.48. The van der Waals surface area contributed by atoms with Crippen LogP contribution in [0.2, 0.25) is 0 Å². The van der Waals surface area contributed by atoms with Crippen LogP contribution in [0.25, 0.3) is 0 Å². The van der Waals surface area contributed by atoms with Gasteiger partial charge < -0.3 is 15.5 Å². The monoisotopic (exact) mass is 221 g/mol. The molecular weight excluding hydrogens is 206 g/mol. The summed E-state index contributed by atoms with van der Waals surface area (Å²) in [5.74, 6) is 1.15. The van der Waals surface area contributed by atoms with Crippen LogP contribution in [0.3, 0.4) is 0 Å². The lowest BCUT2D eigenvalue weighted by molar-refractivity contribution is 0.107. The van der Waals surface area contributed by atoms with Crippen molar-refractivity contribution < 1.29 is 4.74 Å². The normalized spacial score (nSPS) is 21.6. The molecule has 0 aromatic carbocycles. The first-order valence-corrected chi connectivity index (χ1v) is 5.71. The Hall–Kier alpha value is -1.20. The van der Waals surface area contributed by atoms with Crippen molar-refractivity contribution in [3.8, 4) is 0 Å². The zero-order valence-electron chi connectivity index (χ0n) is 9.03. The predicted octanol–water partition coefficient (Wildman–Crippen LogP) is 0.252. The van der Waals surface area contributed by atoms with E-state index in [0.717, 1.165) is 18.5 Å². The van der Waals surface area contributed by atoms with Gasteiger partial charge in [0.25, 0.3) is 5.56 Å². The molecule has 3 N–H and O–H groups in total. The van der Waals surface area contributed by atoms with Crippen LogP contribution in [-0.4, -0.2) is 16.6 Å². The van der Waals surface area contributed by atoms with Gasteiger partial charge in [0.15, 0.2) is 0 Å². The van der Waals surface area contributed by atoms with Crippen LogP contribution in [0.4, 0.5) is 0 Å². The zero-order chi connectivity index (χ0) is 11.1. The molecule has 0 saturated heterocycles. The van der Waals surface area contributed by atoms with Gasteiger partial charge in [0.2, 0.25) is 0 Å². The van der Waals surface area contributed by atoms with E-state index in [-0.39, 0.29) is 11.6 Å². The zero-order valence-corrected chi connectivity index (χ0v) is 9.03. The number of rotatable bonds is 2. The number of ether oxygens (including phenoxy) is 1. The minimum atomic E-state index is -0.110. The van der Waals surface area contributed by atoms with Crippen LogP contribution in [0.1, 0.15) is 36.0 Å². The molecule has 0 bridgehead atoms. The average molecular weight is 221 g/mol. The van der Waals surface area contributed by atoms with Gasteiger partial charge >= 0.3 is 0 Å². The Bertz CT molecular complexity index is 465. The molecule has 86 valence electrons. The van der Waals surface area contributed by atoms with Gasteiger partial charge in [-0.05, 0) is 18.8 Å². The molecule has 1 aliphatic carbocycles. The third-order valence-corrected chi connectivity index (χ3v) is 3.29. The molecule has 1 saturated carbocycles. The number of nitrogens with two attached hydrogens (primary N) is 1. The first kappa shape index (κ1) is 9.99. The molecule has 1 aromatic heterocycles. The van der Waals surface area contributed by atoms with Crippen LogP contribution in [0, 0.1) is 5.92 Å². The van der Waals surface area contributed by atoms with Gasteiger partial charge in [0.05, 0.1) is 30.5 Å². The molecule has 1 unspecified atom stereocenters. The van der Waals surface area contributed by atoms with Gasteiger partial charge in [-0.3, -0.25) is 4.79 Å². The molecule has 1 aromatic rings. The number of nitrogens with one attached hydrogen (secondary N) is 1. The Morgan fingerprint density at radius 1 is 1.50 bits per heavy atom. The fraction of sp³-hybridized carbons (Fsp3) is 0.636. The summed E-state index contributed by atoms with van der Waals surface area (Å²) in [6.45, 7) is 1.01. The third kappa shape index (κ3) is 1.66. The number of hydrogen-bond donors (Lipinski definition) is 2. The molecule has 0 radical (unpaired) electrons. The van der Waals surface area contributed by atoms with E-state index in [1.165, 1.54) is 0 Å². The topological polar surface area (TPSA) is 81.0 Å². The summed E-state index contributed by atoms with van der Waals surface area (Å²) in [7, 11) is 0. The maximum absolute atomic E-state index is 11.8. The van der Waals surface area contributed by atoms with E-state index in [1.54, 1.807) is 0 Å². The Labute approximate surface area is 93.0 Å². The van der Waals surface area contributed by atoms with Crippen LogP contribution >= 0.6 is 0 Å². The van der Waals surface area contributed by atoms with Crippen LogP contribution in [0.15, 0.2) is 4.79 Å². The van der Waals surface area contributed by atoms with Crippen LogP contribution in [0.5, 0.6) is 0 Å². The number of aromatic amines is 1. The van der Waals surface area contributed by atoms with Crippen molar-refractivity contribution >= 4 is 0 Å². The van der Waals surface area contributed by atoms with Gasteiger partial charge in [-0.1, -0.05) is 0 Å². The molecule has 2 heterocycles. The summed E-state index contributed by atoms with van der Waals surface area (Å²) in [6, 6.07) is -0.110. The van der Waals surface area contributed by atoms with E-state index >= 15 is 0 Å². The summed E-state index contributed by atoms with van der Waals surface area (Å²) in [6.07, 6.45) is 3.00. The van der Waals surface area contributed by atoms with E-state index in [9.17, 15) is 4.79 Å². The number of nitrogens with zero attached hydrogens (tertiary/aromatic N) is 1. The number of aromatic nitrogens is 2. The first-order valence-electron chi connectivity index (χ1n) is 5.71. The highest BCUT2D eigenvalue weighted by Crippen LogP contribution is 2.38. The SMILES string of the molecule is NC(c1nc2c(c(=O)[nH]1)COCC2)C1CC1. The third-order valence-electron chi connectivity index (χ3n) is 3.29. The van der Waals surface area contributed by atoms with Crippen LogP contribution in [-0.2, 0) is 17.8 Å². The quantitative estimate of drug-likeness (QED) is 0.750. The van der Waals surface area contributed by atoms with Crippen molar-refractivity contribution in [2.45, 2.75) is 31.9 Å². The fourth-order valence-corrected chi connectivity index (χ4v) is 2.10. The number of hydrogen-bond acceptors (Lipinski definition) is 4. The van der Waals surface area contributed by atoms with E-state index in [1.807, 2.05) is 0 Å². The second kappa shape index (κ2) is 3.68. The van der Waals surface area contributed by atoms with Gasteiger partial charge in [-0.25, -0.2) is 4.98 Å². The molecule has 16 heavy (non-hydrogen) atoms. The van der Waals surface area contributed by atoms with E-state index in [0.29, 0.717) is 36.9 Å². The van der Waals surface area contributed by atoms with Gasteiger partial charge in [-0.2, -0.15) is 0 Å². The molecular formula is C11H15N3O2. The van der Waals surface area contributed by atoms with E-state index in [2.05, 4.69) is 9.97 Å². The highest BCUT2D eigenvalue weighted by Gasteiger charge is 2.31. The minimum Gasteiger partial charge on any atom is -0.376 e. The molecule has 1 atom stereocenters. The smallest absolute Gasteiger partial charge is 0.256 e. The van der Waals surface area contributed by atoms with Crippen molar-refractivity contribution in [3.05, 3.63) is 27.4 Å². The van der Waals surface area contributed by atoms with Crippen molar-refractivity contribution in [1.82, 2.24) is 9.97 Å². The number of fused-ring (bicyclic) bond motifs is 1. The molecule has 0 amide bonds. The van der Waals surface area contributed by atoms with Crippen molar-refractivity contribution in [3.63, 3.8) is 0 Å². The van der Waals surface area contributed by atoms with Gasteiger partial charge in [0.1, 0.15) is 5.82 Å². The second-order valence-corrected chi connectivity index (χ2v) is 4.54. The maximum atomic E-state index is 11.8. The summed E-state index contributed by atoms with van der Waals surface area (Å²) < 4.78 is 5.25. The van der Waals surface area contributed by atoms with Crippen LogP contribution < -0.4 is 11.3 Å². The predicted molar refractivity (Wildman–Crippen MR) is 57.9 cm³/mol. The molecule has 2 aliphatic rings. The van der Waals surface area contributed by atoms with Crippen molar-refractivity contribution in [1.29, 1.82) is 0 Å². The molecule has 1 fully saturated rings. The molecule has 3 rings (SSSR count). The summed E-state index contributed by atoms with van der Waals surface area (Å²) in [5, 5.41) is 0. The molecule has 5 heteroatoms. The largest absolute Gasteiger partial charge is 0.376 e.